The highest BCUT2D eigenvalue weighted by Crippen LogP contribution is 2.07. The molecule has 0 spiro atoms. The molecule has 0 aliphatic rings. The summed E-state index contributed by atoms with van der Waals surface area (Å²) in [5.74, 6) is -0.136. The zero-order chi connectivity index (χ0) is 15.0. The van der Waals surface area contributed by atoms with Crippen molar-refractivity contribution in [1.29, 1.82) is 0 Å². The molecule has 0 aliphatic carbocycles. The van der Waals surface area contributed by atoms with E-state index >= 15 is 0 Å². The van der Waals surface area contributed by atoms with Crippen molar-refractivity contribution in [3.8, 4) is 0 Å². The quantitative estimate of drug-likeness (QED) is 0.719. The first-order chi connectivity index (χ1) is 9.49. The van der Waals surface area contributed by atoms with E-state index in [1.807, 2.05) is 39.2 Å². The standard InChI is InChI=1S/C14H25N5O/c1-18(2)9-7-15-12-5-6-16-13(11-12)14(20)17-8-10-19(3)4/h5-6,11H,7-10H2,1-4H3,(H,15,16)(H,17,20). The van der Waals surface area contributed by atoms with Crippen LogP contribution in [0.3, 0.4) is 0 Å². The number of carbonyl (C=O) groups is 1. The third-order valence-electron chi connectivity index (χ3n) is 2.73. The molecule has 1 aromatic heterocycles. The fourth-order valence-electron chi connectivity index (χ4n) is 1.57. The second-order valence-electron chi connectivity index (χ2n) is 5.22. The lowest BCUT2D eigenvalue weighted by atomic mass is 10.3. The molecular weight excluding hydrogens is 254 g/mol. The van der Waals surface area contributed by atoms with Gasteiger partial charge in [0.25, 0.3) is 5.91 Å². The molecule has 0 unspecified atom stereocenters. The second kappa shape index (κ2) is 8.50. The molecule has 1 rings (SSSR count). The summed E-state index contributed by atoms with van der Waals surface area (Å²) in [5, 5.41) is 6.13. The molecule has 0 radical (unpaired) electrons. The lowest BCUT2D eigenvalue weighted by Gasteiger charge is -2.12. The van der Waals surface area contributed by atoms with E-state index in [1.165, 1.54) is 0 Å². The zero-order valence-electron chi connectivity index (χ0n) is 12.8. The molecule has 20 heavy (non-hydrogen) atoms. The van der Waals surface area contributed by atoms with Crippen LogP contribution in [-0.4, -0.2) is 75.1 Å². The van der Waals surface area contributed by atoms with Crippen LogP contribution in [0.25, 0.3) is 0 Å². The molecule has 0 saturated carbocycles. The molecule has 0 bridgehead atoms. The van der Waals surface area contributed by atoms with Crippen LogP contribution in [0.5, 0.6) is 0 Å². The molecule has 0 atom stereocenters. The Hall–Kier alpha value is -1.66. The SMILES string of the molecule is CN(C)CCNC(=O)c1cc(NCCN(C)C)ccn1. The predicted octanol–water partition coefficient (Wildman–Crippen LogP) is 0.347. The Kier molecular flexibility index (Phi) is 6.97. The van der Waals surface area contributed by atoms with Crippen LogP contribution in [0.15, 0.2) is 18.3 Å². The molecule has 2 N–H and O–H groups in total. The van der Waals surface area contributed by atoms with Crippen molar-refractivity contribution in [3.05, 3.63) is 24.0 Å². The molecule has 1 aromatic rings. The molecule has 0 saturated heterocycles. The van der Waals surface area contributed by atoms with E-state index in [1.54, 1.807) is 12.3 Å². The van der Waals surface area contributed by atoms with E-state index in [9.17, 15) is 4.79 Å². The highest BCUT2D eigenvalue weighted by atomic mass is 16.1. The van der Waals surface area contributed by atoms with E-state index in [2.05, 4.69) is 20.5 Å². The lowest BCUT2D eigenvalue weighted by molar-refractivity contribution is 0.0946. The number of amides is 1. The van der Waals surface area contributed by atoms with Gasteiger partial charge in [0.2, 0.25) is 0 Å². The number of pyridine rings is 1. The summed E-state index contributed by atoms with van der Waals surface area (Å²) >= 11 is 0. The van der Waals surface area contributed by atoms with E-state index < -0.39 is 0 Å². The van der Waals surface area contributed by atoms with Gasteiger partial charge >= 0.3 is 0 Å². The van der Waals surface area contributed by atoms with Gasteiger partial charge in [-0.2, -0.15) is 0 Å². The Morgan fingerprint density at radius 3 is 2.45 bits per heavy atom. The number of aromatic nitrogens is 1. The summed E-state index contributed by atoms with van der Waals surface area (Å²) in [5.41, 5.74) is 1.36. The normalized spacial score (nSPS) is 10.9. The van der Waals surface area contributed by atoms with Crippen LogP contribution in [0, 0.1) is 0 Å². The van der Waals surface area contributed by atoms with E-state index in [-0.39, 0.29) is 5.91 Å². The minimum atomic E-state index is -0.136. The highest BCUT2D eigenvalue weighted by molar-refractivity contribution is 5.93. The molecule has 6 nitrogen and oxygen atoms in total. The minimum absolute atomic E-state index is 0.136. The minimum Gasteiger partial charge on any atom is -0.384 e. The zero-order valence-corrected chi connectivity index (χ0v) is 12.8. The molecule has 112 valence electrons. The monoisotopic (exact) mass is 279 g/mol. The van der Waals surface area contributed by atoms with Gasteiger partial charge in [-0.1, -0.05) is 0 Å². The Morgan fingerprint density at radius 2 is 1.80 bits per heavy atom. The molecule has 1 heterocycles. The van der Waals surface area contributed by atoms with Gasteiger partial charge in [-0.3, -0.25) is 9.78 Å². The first-order valence-electron chi connectivity index (χ1n) is 6.76. The summed E-state index contributed by atoms with van der Waals surface area (Å²) in [4.78, 5) is 20.2. The van der Waals surface area contributed by atoms with Crippen molar-refractivity contribution >= 4 is 11.6 Å². The first-order valence-corrected chi connectivity index (χ1v) is 6.76. The van der Waals surface area contributed by atoms with Gasteiger partial charge in [0, 0.05) is 38.1 Å². The summed E-state index contributed by atoms with van der Waals surface area (Å²) in [6.07, 6.45) is 1.65. The number of nitrogens with zero attached hydrogens (tertiary/aromatic N) is 3. The number of carbonyl (C=O) groups excluding carboxylic acids is 1. The average molecular weight is 279 g/mol. The van der Waals surface area contributed by atoms with Gasteiger partial charge in [-0.15, -0.1) is 0 Å². The van der Waals surface area contributed by atoms with Crippen molar-refractivity contribution in [2.24, 2.45) is 0 Å². The van der Waals surface area contributed by atoms with Crippen molar-refractivity contribution in [2.75, 3.05) is 59.7 Å². The Balaban J connectivity index is 2.47. The number of anilines is 1. The van der Waals surface area contributed by atoms with Crippen molar-refractivity contribution in [3.63, 3.8) is 0 Å². The van der Waals surface area contributed by atoms with Crippen LogP contribution in [0.4, 0.5) is 5.69 Å². The smallest absolute Gasteiger partial charge is 0.269 e. The van der Waals surface area contributed by atoms with E-state index in [4.69, 9.17) is 0 Å². The predicted molar refractivity (Wildman–Crippen MR) is 82.2 cm³/mol. The number of hydrogen-bond donors (Lipinski definition) is 2. The van der Waals surface area contributed by atoms with Crippen LogP contribution >= 0.6 is 0 Å². The molecule has 0 aromatic carbocycles. The largest absolute Gasteiger partial charge is 0.384 e. The van der Waals surface area contributed by atoms with Crippen molar-refractivity contribution in [2.45, 2.75) is 0 Å². The number of likely N-dealkylation sites (N-methyl/N-ethyl adjacent to an activating group) is 2. The van der Waals surface area contributed by atoms with Gasteiger partial charge in [-0.05, 0) is 40.3 Å². The Bertz CT molecular complexity index is 420. The van der Waals surface area contributed by atoms with Gasteiger partial charge < -0.3 is 20.4 Å². The maximum Gasteiger partial charge on any atom is 0.269 e. The Morgan fingerprint density at radius 1 is 1.15 bits per heavy atom. The average Bonchev–Trinajstić information content (AvgIpc) is 2.38. The van der Waals surface area contributed by atoms with E-state index in [0.717, 1.165) is 25.3 Å². The topological polar surface area (TPSA) is 60.5 Å². The number of rotatable bonds is 8. The molecule has 0 fully saturated rings. The van der Waals surface area contributed by atoms with Gasteiger partial charge in [0.1, 0.15) is 5.69 Å². The fourth-order valence-corrected chi connectivity index (χ4v) is 1.57. The second-order valence-corrected chi connectivity index (χ2v) is 5.22. The summed E-state index contributed by atoms with van der Waals surface area (Å²) in [6, 6.07) is 3.65. The van der Waals surface area contributed by atoms with Crippen molar-refractivity contribution in [1.82, 2.24) is 20.1 Å². The number of hydrogen-bond acceptors (Lipinski definition) is 5. The lowest BCUT2D eigenvalue weighted by Crippen LogP contribution is -2.31. The maximum absolute atomic E-state index is 11.9. The third kappa shape index (κ3) is 6.49. The highest BCUT2D eigenvalue weighted by Gasteiger charge is 2.07. The van der Waals surface area contributed by atoms with E-state index in [0.29, 0.717) is 12.2 Å². The molecule has 0 aliphatic heterocycles. The van der Waals surface area contributed by atoms with Gasteiger partial charge in [0.05, 0.1) is 0 Å². The third-order valence-corrected chi connectivity index (χ3v) is 2.73. The van der Waals surface area contributed by atoms with Crippen LogP contribution < -0.4 is 10.6 Å². The van der Waals surface area contributed by atoms with Crippen molar-refractivity contribution < 1.29 is 4.79 Å². The molecule has 6 heteroatoms. The van der Waals surface area contributed by atoms with Gasteiger partial charge in [-0.25, -0.2) is 0 Å². The van der Waals surface area contributed by atoms with Crippen LogP contribution in [0.1, 0.15) is 10.5 Å². The maximum atomic E-state index is 11.9. The molecular formula is C14H25N5O. The fraction of sp³-hybridized carbons (Fsp3) is 0.571. The van der Waals surface area contributed by atoms with Crippen LogP contribution in [-0.2, 0) is 0 Å². The summed E-state index contributed by atoms with van der Waals surface area (Å²) < 4.78 is 0. The summed E-state index contributed by atoms with van der Waals surface area (Å²) in [7, 11) is 8.00. The molecule has 1 amide bonds. The van der Waals surface area contributed by atoms with Gasteiger partial charge in [0.15, 0.2) is 0 Å². The number of nitrogens with one attached hydrogen (secondary N) is 2. The Labute approximate surface area is 121 Å². The first kappa shape index (κ1) is 16.4. The van der Waals surface area contributed by atoms with Crippen LogP contribution in [0.2, 0.25) is 0 Å². The summed E-state index contributed by atoms with van der Waals surface area (Å²) in [6.45, 7) is 3.20.